The van der Waals surface area contributed by atoms with Crippen LogP contribution in [0.25, 0.3) is 0 Å². The number of nitrogens with zero attached hydrogens (tertiary/aromatic N) is 2. The average Bonchev–Trinajstić information content (AvgIpc) is 2.74. The number of aryl methyl sites for hydroxylation is 1. The lowest BCUT2D eigenvalue weighted by molar-refractivity contribution is -0.124. The molecule has 1 aromatic carbocycles. The maximum Gasteiger partial charge on any atom is 0.255 e. The van der Waals surface area contributed by atoms with Crippen LogP contribution in [-0.4, -0.2) is 36.1 Å². The highest BCUT2D eigenvalue weighted by Gasteiger charge is 2.48. The zero-order valence-corrected chi connectivity index (χ0v) is 15.1. The fourth-order valence-electron chi connectivity index (χ4n) is 3.49. The van der Waals surface area contributed by atoms with Crippen molar-refractivity contribution >= 4 is 23.2 Å². The topological polar surface area (TPSA) is 71.5 Å². The van der Waals surface area contributed by atoms with Gasteiger partial charge in [0.25, 0.3) is 5.91 Å². The molecule has 2 amide bonds. The van der Waals surface area contributed by atoms with Gasteiger partial charge in [-0.2, -0.15) is 0 Å². The normalized spacial score (nSPS) is 18.4. The number of carbonyl (C=O) groups excluding carboxylic acids is 2. The largest absolute Gasteiger partial charge is 0.377 e. The van der Waals surface area contributed by atoms with E-state index in [-0.39, 0.29) is 17.9 Å². The Hall–Kier alpha value is -2.73. The van der Waals surface area contributed by atoms with Crippen LogP contribution in [0.2, 0.25) is 0 Å². The molecule has 2 aromatic rings. The lowest BCUT2D eigenvalue weighted by atomic mass is 9.86. The van der Waals surface area contributed by atoms with E-state index in [0.717, 1.165) is 16.9 Å². The molecule has 1 fully saturated rings. The summed E-state index contributed by atoms with van der Waals surface area (Å²) >= 11 is 0. The molecule has 134 valence electrons. The van der Waals surface area contributed by atoms with Crippen molar-refractivity contribution in [3.63, 3.8) is 0 Å². The minimum atomic E-state index is -0.574. The van der Waals surface area contributed by atoms with Crippen LogP contribution in [0.1, 0.15) is 35.5 Å². The molecule has 3 heterocycles. The molecule has 2 aliphatic heterocycles. The highest BCUT2D eigenvalue weighted by Crippen LogP contribution is 2.44. The average molecular weight is 351 g/mol. The van der Waals surface area contributed by atoms with E-state index in [1.54, 1.807) is 18.3 Å². The van der Waals surface area contributed by atoms with E-state index in [0.29, 0.717) is 24.5 Å². The summed E-state index contributed by atoms with van der Waals surface area (Å²) in [7, 11) is 0. The summed E-state index contributed by atoms with van der Waals surface area (Å²) in [5.74, 6) is -0.119. The number of hydrogen-bond acceptors (Lipinski definition) is 4. The predicted molar refractivity (Wildman–Crippen MR) is 98.5 cm³/mol. The molecule has 0 atom stereocenters. The summed E-state index contributed by atoms with van der Waals surface area (Å²) < 4.78 is 5.27. The van der Waals surface area contributed by atoms with Gasteiger partial charge >= 0.3 is 0 Å². The monoisotopic (exact) mass is 351 g/mol. The van der Waals surface area contributed by atoms with Gasteiger partial charge < -0.3 is 15.0 Å². The minimum Gasteiger partial charge on any atom is -0.377 e. The number of aromatic nitrogens is 1. The number of fused-ring (bicyclic) bond motifs is 1. The molecule has 0 unspecified atom stereocenters. The van der Waals surface area contributed by atoms with Gasteiger partial charge in [-0.3, -0.25) is 14.6 Å². The van der Waals surface area contributed by atoms with Crippen molar-refractivity contribution in [1.82, 2.24) is 4.98 Å². The maximum absolute atomic E-state index is 12.9. The predicted octanol–water partition coefficient (Wildman–Crippen LogP) is 2.67. The molecule has 2 aliphatic rings. The van der Waals surface area contributed by atoms with Crippen LogP contribution in [0.15, 0.2) is 36.5 Å². The van der Waals surface area contributed by atoms with Crippen molar-refractivity contribution in [1.29, 1.82) is 0 Å². The fraction of sp³-hybridized carbons (Fsp3) is 0.350. The Balaban J connectivity index is 1.65. The number of benzene rings is 1. The van der Waals surface area contributed by atoms with Gasteiger partial charge in [-0.15, -0.1) is 0 Å². The first kappa shape index (κ1) is 16.7. The van der Waals surface area contributed by atoms with Crippen molar-refractivity contribution in [2.24, 2.45) is 0 Å². The SMILES string of the molecule is Cc1cc(C(=O)Nc2ccc3c(c2)N(C2COC2)C(=O)C3(C)C)ccn1. The van der Waals surface area contributed by atoms with Crippen molar-refractivity contribution in [3.8, 4) is 0 Å². The number of anilines is 2. The molecule has 0 bridgehead atoms. The molecule has 1 saturated heterocycles. The smallest absolute Gasteiger partial charge is 0.255 e. The van der Waals surface area contributed by atoms with Gasteiger partial charge in [0.2, 0.25) is 5.91 Å². The number of ether oxygens (including phenoxy) is 1. The Kier molecular flexibility index (Phi) is 3.80. The number of hydrogen-bond donors (Lipinski definition) is 1. The summed E-state index contributed by atoms with van der Waals surface area (Å²) in [6, 6.07) is 9.15. The van der Waals surface area contributed by atoms with Gasteiger partial charge in [-0.1, -0.05) is 6.07 Å². The maximum atomic E-state index is 12.9. The van der Waals surface area contributed by atoms with Crippen molar-refractivity contribution in [2.75, 3.05) is 23.4 Å². The van der Waals surface area contributed by atoms with E-state index in [9.17, 15) is 9.59 Å². The van der Waals surface area contributed by atoms with Gasteiger partial charge in [0.1, 0.15) is 0 Å². The van der Waals surface area contributed by atoms with Gasteiger partial charge in [-0.25, -0.2) is 0 Å². The van der Waals surface area contributed by atoms with E-state index >= 15 is 0 Å². The van der Waals surface area contributed by atoms with Crippen molar-refractivity contribution in [2.45, 2.75) is 32.2 Å². The Labute approximate surface area is 152 Å². The van der Waals surface area contributed by atoms with Crippen LogP contribution >= 0.6 is 0 Å². The Morgan fingerprint density at radius 3 is 2.69 bits per heavy atom. The lowest BCUT2D eigenvalue weighted by Crippen LogP contribution is -2.52. The van der Waals surface area contributed by atoms with Crippen LogP contribution in [0, 0.1) is 6.92 Å². The van der Waals surface area contributed by atoms with Crippen LogP contribution in [0.4, 0.5) is 11.4 Å². The number of amides is 2. The Morgan fingerprint density at radius 1 is 1.27 bits per heavy atom. The van der Waals surface area contributed by atoms with Crippen LogP contribution < -0.4 is 10.2 Å². The quantitative estimate of drug-likeness (QED) is 0.923. The summed E-state index contributed by atoms with van der Waals surface area (Å²) in [5, 5.41) is 2.92. The van der Waals surface area contributed by atoms with E-state index in [1.807, 2.05) is 43.9 Å². The highest BCUT2D eigenvalue weighted by atomic mass is 16.5. The van der Waals surface area contributed by atoms with E-state index in [1.165, 1.54) is 0 Å². The first-order chi connectivity index (χ1) is 12.4. The van der Waals surface area contributed by atoms with E-state index in [2.05, 4.69) is 10.3 Å². The number of pyridine rings is 1. The zero-order chi connectivity index (χ0) is 18.5. The van der Waals surface area contributed by atoms with Crippen molar-refractivity contribution in [3.05, 3.63) is 53.3 Å². The van der Waals surface area contributed by atoms with Gasteiger partial charge in [0, 0.05) is 23.1 Å². The second-order valence-electron chi connectivity index (χ2n) is 7.36. The Bertz CT molecular complexity index is 903. The molecule has 1 N–H and O–H groups in total. The molecule has 0 saturated carbocycles. The molecule has 6 nitrogen and oxygen atoms in total. The molecule has 6 heteroatoms. The second-order valence-corrected chi connectivity index (χ2v) is 7.36. The van der Waals surface area contributed by atoms with Crippen LogP contribution in [-0.2, 0) is 14.9 Å². The number of carbonyl (C=O) groups is 2. The number of nitrogens with one attached hydrogen (secondary N) is 1. The van der Waals surface area contributed by atoms with Crippen molar-refractivity contribution < 1.29 is 14.3 Å². The molecule has 1 aromatic heterocycles. The lowest BCUT2D eigenvalue weighted by Gasteiger charge is -2.35. The third-order valence-corrected chi connectivity index (χ3v) is 5.09. The Morgan fingerprint density at radius 2 is 2.04 bits per heavy atom. The number of rotatable bonds is 3. The molecular formula is C20H21N3O3. The first-order valence-corrected chi connectivity index (χ1v) is 8.68. The molecule has 0 radical (unpaired) electrons. The molecule has 0 spiro atoms. The molecule has 0 aliphatic carbocycles. The van der Waals surface area contributed by atoms with Gasteiger partial charge in [0.05, 0.1) is 30.4 Å². The summed E-state index contributed by atoms with van der Waals surface area (Å²) in [4.78, 5) is 31.3. The third-order valence-electron chi connectivity index (χ3n) is 5.09. The van der Waals surface area contributed by atoms with Gasteiger partial charge in [0.15, 0.2) is 0 Å². The van der Waals surface area contributed by atoms with Crippen LogP contribution in [0.3, 0.4) is 0 Å². The van der Waals surface area contributed by atoms with E-state index in [4.69, 9.17) is 4.74 Å². The van der Waals surface area contributed by atoms with E-state index < -0.39 is 5.41 Å². The summed E-state index contributed by atoms with van der Waals surface area (Å²) in [6.07, 6.45) is 1.62. The first-order valence-electron chi connectivity index (χ1n) is 8.68. The summed E-state index contributed by atoms with van der Waals surface area (Å²) in [6.45, 7) is 6.82. The third kappa shape index (κ3) is 2.57. The highest BCUT2D eigenvalue weighted by molar-refractivity contribution is 6.10. The zero-order valence-electron chi connectivity index (χ0n) is 15.1. The molecular weight excluding hydrogens is 330 g/mol. The fourth-order valence-corrected chi connectivity index (χ4v) is 3.49. The molecule has 4 rings (SSSR count). The molecule has 26 heavy (non-hydrogen) atoms. The van der Waals surface area contributed by atoms with Gasteiger partial charge in [-0.05, 0) is 50.6 Å². The standard InChI is InChI=1S/C20H21N3O3/c1-12-8-13(6-7-21-12)18(24)22-14-4-5-16-17(9-14)23(15-10-26-11-15)19(25)20(16,2)3/h4-9,15H,10-11H2,1-3H3,(H,22,24). The second kappa shape index (κ2) is 5.92. The van der Waals surface area contributed by atoms with Crippen LogP contribution in [0.5, 0.6) is 0 Å². The summed E-state index contributed by atoms with van der Waals surface area (Å²) in [5.41, 5.74) is 3.27. The minimum absolute atomic E-state index is 0.0665.